The molecule has 0 fully saturated rings. The lowest BCUT2D eigenvalue weighted by Gasteiger charge is -2.19. The Hall–Kier alpha value is -2.45. The van der Waals surface area contributed by atoms with Gasteiger partial charge in [-0.25, -0.2) is 4.79 Å². The minimum absolute atomic E-state index is 0.0204. The number of anilines is 1. The lowest BCUT2D eigenvalue weighted by Crippen LogP contribution is -2.18. The zero-order valence-electron chi connectivity index (χ0n) is 13.8. The van der Waals surface area contributed by atoms with Gasteiger partial charge in [0.15, 0.2) is 11.5 Å². The molecule has 3 N–H and O–H groups in total. The minimum atomic E-state index is -0.700. The predicted octanol–water partition coefficient (Wildman–Crippen LogP) is 3.95. The Morgan fingerprint density at radius 2 is 2.04 bits per heavy atom. The molecule has 0 radical (unpaired) electrons. The Kier molecular flexibility index (Phi) is 5.85. The highest BCUT2D eigenvalue weighted by atomic mass is 79.9. The van der Waals surface area contributed by atoms with Gasteiger partial charge in [-0.05, 0) is 43.2 Å². The summed E-state index contributed by atoms with van der Waals surface area (Å²) in [4.78, 5) is 12.3. The number of hydrogen-bond donors (Lipinski definition) is 3. The van der Waals surface area contributed by atoms with E-state index in [2.05, 4.69) is 21.2 Å². The molecule has 0 aliphatic carbocycles. The molecule has 0 aromatic heterocycles. The summed E-state index contributed by atoms with van der Waals surface area (Å²) in [6.45, 7) is 0.104. The number of benzene rings is 2. The van der Waals surface area contributed by atoms with Gasteiger partial charge in [0, 0.05) is 28.4 Å². The summed E-state index contributed by atoms with van der Waals surface area (Å²) in [7, 11) is 0. The Bertz CT molecular complexity index is 797. The fourth-order valence-electron chi connectivity index (χ4n) is 2.59. The smallest absolute Gasteiger partial charge is 0.412 e. The summed E-state index contributed by atoms with van der Waals surface area (Å²) in [5, 5.41) is 21.8. The summed E-state index contributed by atoms with van der Waals surface area (Å²) < 4.78 is 16.7. The van der Waals surface area contributed by atoms with Gasteiger partial charge in [0.05, 0.1) is 0 Å². The summed E-state index contributed by atoms with van der Waals surface area (Å²) in [6, 6.07) is 9.91. The molecule has 7 nitrogen and oxygen atoms in total. The van der Waals surface area contributed by atoms with Crippen LogP contribution >= 0.6 is 15.9 Å². The lowest BCUT2D eigenvalue weighted by atomic mass is 10.0. The van der Waals surface area contributed by atoms with E-state index in [-0.39, 0.29) is 19.1 Å². The molecule has 0 unspecified atom stereocenters. The number of aliphatic hydroxyl groups is 1. The zero-order chi connectivity index (χ0) is 18.5. The fraction of sp³-hybridized carbons (Fsp3) is 0.278. The first-order valence-electron chi connectivity index (χ1n) is 8.03. The second-order valence-corrected chi connectivity index (χ2v) is 6.57. The Balaban J connectivity index is 1.71. The summed E-state index contributed by atoms with van der Waals surface area (Å²) in [5.74, 6) is 1.18. The molecule has 1 amide bonds. The van der Waals surface area contributed by atoms with Crippen molar-refractivity contribution in [2.24, 2.45) is 0 Å². The Morgan fingerprint density at radius 3 is 2.85 bits per heavy atom. The molecule has 0 saturated carbocycles. The van der Waals surface area contributed by atoms with Gasteiger partial charge < -0.3 is 24.4 Å². The van der Waals surface area contributed by atoms with Crippen LogP contribution in [0.25, 0.3) is 0 Å². The molecule has 0 spiro atoms. The van der Waals surface area contributed by atoms with Crippen LogP contribution in [-0.4, -0.2) is 29.7 Å². The number of amides is 1. The number of fused-ring (bicyclic) bond motifs is 1. The predicted molar refractivity (Wildman–Crippen MR) is 97.5 cm³/mol. The van der Waals surface area contributed by atoms with Crippen LogP contribution in [0.15, 0.2) is 40.9 Å². The first kappa shape index (κ1) is 18.3. The van der Waals surface area contributed by atoms with E-state index < -0.39 is 12.2 Å². The number of carbonyl (C=O) groups excluding carboxylic acids is 1. The molecular formula is C18H18BrNO6. The number of nitrogens with one attached hydrogen (secondary N) is 1. The van der Waals surface area contributed by atoms with Gasteiger partial charge in [0.25, 0.3) is 0 Å². The van der Waals surface area contributed by atoms with Crippen LogP contribution < -0.4 is 14.8 Å². The third kappa shape index (κ3) is 4.39. The van der Waals surface area contributed by atoms with Crippen molar-refractivity contribution in [3.8, 4) is 17.2 Å². The highest BCUT2D eigenvalue weighted by molar-refractivity contribution is 9.10. The normalized spacial score (nSPS) is 13.3. The second kappa shape index (κ2) is 8.29. The quantitative estimate of drug-likeness (QED) is 0.650. The maximum absolute atomic E-state index is 12.3. The molecule has 2 aromatic carbocycles. The van der Waals surface area contributed by atoms with Gasteiger partial charge in [0.2, 0.25) is 6.79 Å². The molecule has 1 atom stereocenters. The van der Waals surface area contributed by atoms with E-state index in [1.54, 1.807) is 30.3 Å². The van der Waals surface area contributed by atoms with Crippen LogP contribution in [0.2, 0.25) is 0 Å². The fourth-order valence-corrected chi connectivity index (χ4v) is 2.97. The topological polar surface area (TPSA) is 97.3 Å². The maximum Gasteiger partial charge on any atom is 0.412 e. The van der Waals surface area contributed by atoms with Crippen molar-refractivity contribution in [1.29, 1.82) is 0 Å². The molecule has 0 bridgehead atoms. The van der Waals surface area contributed by atoms with E-state index in [9.17, 15) is 9.90 Å². The highest BCUT2D eigenvalue weighted by Gasteiger charge is 2.21. The number of ether oxygens (including phenoxy) is 3. The van der Waals surface area contributed by atoms with E-state index in [1.165, 1.54) is 6.07 Å². The van der Waals surface area contributed by atoms with Gasteiger partial charge >= 0.3 is 6.09 Å². The molecule has 0 saturated heterocycles. The van der Waals surface area contributed by atoms with Crippen LogP contribution in [0.4, 0.5) is 10.5 Å². The summed E-state index contributed by atoms with van der Waals surface area (Å²) in [5.41, 5.74) is 0.965. The first-order valence-corrected chi connectivity index (χ1v) is 8.82. The van der Waals surface area contributed by atoms with Crippen molar-refractivity contribution in [2.75, 3.05) is 18.7 Å². The highest BCUT2D eigenvalue weighted by Crippen LogP contribution is 2.35. The summed E-state index contributed by atoms with van der Waals surface area (Å²) in [6.07, 6.45) is -0.581. The number of carbonyl (C=O) groups is 1. The van der Waals surface area contributed by atoms with Gasteiger partial charge in [-0.3, -0.25) is 5.32 Å². The number of rotatable bonds is 6. The van der Waals surface area contributed by atoms with Crippen molar-refractivity contribution < 1.29 is 29.2 Å². The summed E-state index contributed by atoms with van der Waals surface area (Å²) >= 11 is 3.34. The third-order valence-electron chi connectivity index (χ3n) is 3.83. The average Bonchev–Trinajstić information content (AvgIpc) is 3.08. The Labute approximate surface area is 158 Å². The monoisotopic (exact) mass is 423 g/mol. The average molecular weight is 424 g/mol. The number of aliphatic hydroxyl groups excluding tert-OH is 1. The van der Waals surface area contributed by atoms with Crippen molar-refractivity contribution in [3.63, 3.8) is 0 Å². The van der Waals surface area contributed by atoms with Crippen LogP contribution in [0.3, 0.4) is 0 Å². The first-order chi connectivity index (χ1) is 12.6. The lowest BCUT2D eigenvalue weighted by molar-refractivity contribution is 0.0979. The van der Waals surface area contributed by atoms with Crippen LogP contribution in [0.5, 0.6) is 17.2 Å². The van der Waals surface area contributed by atoms with Crippen LogP contribution in [-0.2, 0) is 4.74 Å². The number of phenols is 1. The van der Waals surface area contributed by atoms with Crippen LogP contribution in [0.1, 0.15) is 24.5 Å². The molecule has 3 rings (SSSR count). The van der Waals surface area contributed by atoms with Crippen molar-refractivity contribution in [2.45, 2.75) is 18.9 Å². The van der Waals surface area contributed by atoms with Gasteiger partial charge in [0.1, 0.15) is 11.9 Å². The molecule has 2 aromatic rings. The Morgan fingerprint density at radius 1 is 1.23 bits per heavy atom. The SMILES string of the molecule is O=C(Nc1ccc2c(c1)OCO2)O[C@H](CCCO)c1cc(Br)ccc1O. The molecule has 1 heterocycles. The largest absolute Gasteiger partial charge is 0.508 e. The van der Waals surface area contributed by atoms with E-state index >= 15 is 0 Å². The maximum atomic E-state index is 12.3. The van der Waals surface area contributed by atoms with E-state index in [1.807, 2.05) is 0 Å². The number of aromatic hydroxyl groups is 1. The van der Waals surface area contributed by atoms with Gasteiger partial charge in [-0.2, -0.15) is 0 Å². The molecular weight excluding hydrogens is 406 g/mol. The zero-order valence-corrected chi connectivity index (χ0v) is 15.4. The second-order valence-electron chi connectivity index (χ2n) is 5.66. The number of phenolic OH excluding ortho intramolecular Hbond substituents is 1. The molecule has 138 valence electrons. The standard InChI is InChI=1S/C18H18BrNO6/c19-11-3-5-14(22)13(8-11)15(2-1-7-21)26-18(23)20-12-4-6-16-17(9-12)25-10-24-16/h3-6,8-9,15,21-22H,1-2,7,10H2,(H,20,23)/t15-/m1/s1. The minimum Gasteiger partial charge on any atom is -0.508 e. The van der Waals surface area contributed by atoms with Crippen molar-refractivity contribution in [1.82, 2.24) is 0 Å². The molecule has 26 heavy (non-hydrogen) atoms. The number of hydrogen-bond acceptors (Lipinski definition) is 6. The van der Waals surface area contributed by atoms with E-state index in [0.717, 1.165) is 4.47 Å². The van der Waals surface area contributed by atoms with Gasteiger partial charge in [-0.1, -0.05) is 15.9 Å². The third-order valence-corrected chi connectivity index (χ3v) is 4.32. The van der Waals surface area contributed by atoms with Gasteiger partial charge in [-0.15, -0.1) is 0 Å². The van der Waals surface area contributed by atoms with Crippen LogP contribution in [0, 0.1) is 0 Å². The van der Waals surface area contributed by atoms with Crippen molar-refractivity contribution in [3.05, 3.63) is 46.4 Å². The number of halogens is 1. The molecule has 8 heteroatoms. The van der Waals surface area contributed by atoms with E-state index in [0.29, 0.717) is 35.6 Å². The van der Waals surface area contributed by atoms with Crippen molar-refractivity contribution >= 4 is 27.7 Å². The molecule has 1 aliphatic rings. The van der Waals surface area contributed by atoms with E-state index in [4.69, 9.17) is 19.3 Å². The molecule has 1 aliphatic heterocycles.